The Hall–Kier alpha value is -4.59. The highest BCUT2D eigenvalue weighted by molar-refractivity contribution is 6.00. The lowest BCUT2D eigenvalue weighted by molar-refractivity contribution is 0.628. The largest absolute Gasteiger partial charge is 0.382 e. The second-order valence-corrected chi connectivity index (χ2v) is 8.76. The first kappa shape index (κ1) is 21.0. The van der Waals surface area contributed by atoms with Gasteiger partial charge in [0, 0.05) is 52.0 Å². The van der Waals surface area contributed by atoms with E-state index in [0.717, 1.165) is 55.7 Å². The molecule has 0 atom stereocenters. The summed E-state index contributed by atoms with van der Waals surface area (Å²) in [6, 6.07) is 14.7. The molecule has 0 aliphatic carbocycles. The predicted molar refractivity (Wildman–Crippen MR) is 136 cm³/mol. The maximum Gasteiger partial charge on any atom is 0.123 e. The molecule has 1 aromatic carbocycles. The van der Waals surface area contributed by atoms with E-state index in [1.54, 1.807) is 30.9 Å². The van der Waals surface area contributed by atoms with Crippen LogP contribution in [0, 0.1) is 5.82 Å². The van der Waals surface area contributed by atoms with Crippen LogP contribution in [0.1, 0.15) is 13.8 Å². The fourth-order valence-electron chi connectivity index (χ4n) is 4.32. The van der Waals surface area contributed by atoms with Crippen molar-refractivity contribution in [3.63, 3.8) is 0 Å². The molecular formula is C27H22FN7. The van der Waals surface area contributed by atoms with Crippen LogP contribution in [0.15, 0.2) is 73.3 Å². The monoisotopic (exact) mass is 463 g/mol. The summed E-state index contributed by atoms with van der Waals surface area (Å²) in [5.74, 6) is -0.294. The minimum atomic E-state index is -0.294. The number of H-pyrrole nitrogens is 2. The minimum Gasteiger partial charge on any atom is -0.382 e. The average molecular weight is 464 g/mol. The van der Waals surface area contributed by atoms with Crippen LogP contribution in [0.4, 0.5) is 10.1 Å². The van der Waals surface area contributed by atoms with E-state index in [4.69, 9.17) is 0 Å². The molecule has 8 heteroatoms. The third-order valence-corrected chi connectivity index (χ3v) is 5.84. The molecule has 0 saturated carbocycles. The lowest BCUT2D eigenvalue weighted by Crippen LogP contribution is -2.09. The number of fused-ring (bicyclic) bond motifs is 2. The third kappa shape index (κ3) is 3.89. The Morgan fingerprint density at radius 2 is 1.74 bits per heavy atom. The van der Waals surface area contributed by atoms with Gasteiger partial charge in [0.2, 0.25) is 0 Å². The Bertz CT molecular complexity index is 1680. The van der Waals surface area contributed by atoms with Crippen LogP contribution >= 0.6 is 0 Å². The van der Waals surface area contributed by atoms with Gasteiger partial charge >= 0.3 is 0 Å². The van der Waals surface area contributed by atoms with Gasteiger partial charge in [-0.3, -0.25) is 20.1 Å². The van der Waals surface area contributed by atoms with Crippen LogP contribution in [-0.4, -0.2) is 36.2 Å². The molecule has 6 aromatic rings. The van der Waals surface area contributed by atoms with Gasteiger partial charge in [0.05, 0.1) is 34.5 Å². The van der Waals surface area contributed by atoms with Gasteiger partial charge < -0.3 is 10.3 Å². The van der Waals surface area contributed by atoms with Gasteiger partial charge in [-0.15, -0.1) is 0 Å². The highest BCUT2D eigenvalue weighted by Gasteiger charge is 2.16. The molecule has 6 rings (SSSR count). The summed E-state index contributed by atoms with van der Waals surface area (Å²) in [6.07, 6.45) is 7.12. The first-order chi connectivity index (χ1) is 17.0. The molecule has 35 heavy (non-hydrogen) atoms. The van der Waals surface area contributed by atoms with Crippen LogP contribution in [0.2, 0.25) is 0 Å². The topological polar surface area (TPSA) is 95.2 Å². The normalized spacial score (nSPS) is 11.5. The highest BCUT2D eigenvalue weighted by Crippen LogP contribution is 2.34. The van der Waals surface area contributed by atoms with Crippen molar-refractivity contribution < 1.29 is 4.39 Å². The Morgan fingerprint density at radius 3 is 2.60 bits per heavy atom. The molecule has 0 radical (unpaired) electrons. The number of aromatic amines is 2. The molecule has 0 aliphatic heterocycles. The molecule has 172 valence electrons. The molecule has 0 amide bonds. The van der Waals surface area contributed by atoms with Crippen LogP contribution < -0.4 is 5.32 Å². The highest BCUT2D eigenvalue weighted by atomic mass is 19.1. The Kier molecular flexibility index (Phi) is 4.99. The lowest BCUT2D eigenvalue weighted by atomic mass is 10.1. The summed E-state index contributed by atoms with van der Waals surface area (Å²) in [6.45, 7) is 4.18. The summed E-state index contributed by atoms with van der Waals surface area (Å²) in [5, 5.41) is 12.9. The van der Waals surface area contributed by atoms with Crippen LogP contribution in [0.5, 0.6) is 0 Å². The Balaban J connectivity index is 1.45. The molecule has 5 heterocycles. The van der Waals surface area contributed by atoms with Crippen molar-refractivity contribution >= 4 is 27.5 Å². The summed E-state index contributed by atoms with van der Waals surface area (Å²) in [5.41, 5.74) is 7.44. The first-order valence-electron chi connectivity index (χ1n) is 11.4. The number of hydrogen-bond acceptors (Lipinski definition) is 5. The number of halogens is 1. The van der Waals surface area contributed by atoms with Crippen molar-refractivity contribution in [3.8, 4) is 33.9 Å². The number of aromatic nitrogens is 6. The zero-order valence-electron chi connectivity index (χ0n) is 19.2. The maximum atomic E-state index is 13.9. The molecule has 0 bridgehead atoms. The van der Waals surface area contributed by atoms with Gasteiger partial charge in [0.1, 0.15) is 11.5 Å². The molecule has 0 aliphatic rings. The third-order valence-electron chi connectivity index (χ3n) is 5.84. The predicted octanol–water partition coefficient (Wildman–Crippen LogP) is 6.19. The number of pyridine rings is 3. The van der Waals surface area contributed by atoms with E-state index >= 15 is 0 Å². The van der Waals surface area contributed by atoms with Gasteiger partial charge in [0.25, 0.3) is 0 Å². The minimum absolute atomic E-state index is 0.294. The lowest BCUT2D eigenvalue weighted by Gasteiger charge is -2.10. The van der Waals surface area contributed by atoms with E-state index in [0.29, 0.717) is 11.7 Å². The van der Waals surface area contributed by atoms with E-state index in [1.165, 1.54) is 12.1 Å². The van der Waals surface area contributed by atoms with Gasteiger partial charge in [0.15, 0.2) is 0 Å². The van der Waals surface area contributed by atoms with E-state index in [-0.39, 0.29) is 5.82 Å². The molecular weight excluding hydrogens is 441 g/mol. The fraction of sp³-hybridized carbons (Fsp3) is 0.111. The molecule has 0 unspecified atom stereocenters. The van der Waals surface area contributed by atoms with Crippen molar-refractivity contribution in [2.24, 2.45) is 0 Å². The van der Waals surface area contributed by atoms with E-state index in [1.807, 2.05) is 30.3 Å². The second-order valence-electron chi connectivity index (χ2n) is 8.76. The number of anilines is 1. The van der Waals surface area contributed by atoms with Crippen molar-refractivity contribution in [3.05, 3.63) is 79.1 Å². The second kappa shape index (κ2) is 8.32. The van der Waals surface area contributed by atoms with Crippen molar-refractivity contribution in [2.75, 3.05) is 5.32 Å². The number of nitrogens with one attached hydrogen (secondary N) is 3. The summed E-state index contributed by atoms with van der Waals surface area (Å²) < 4.78 is 13.9. The van der Waals surface area contributed by atoms with Gasteiger partial charge in [-0.25, -0.2) is 4.39 Å². The number of rotatable bonds is 5. The fourth-order valence-corrected chi connectivity index (χ4v) is 4.32. The summed E-state index contributed by atoms with van der Waals surface area (Å²) >= 11 is 0. The zero-order chi connectivity index (χ0) is 23.9. The van der Waals surface area contributed by atoms with Crippen LogP contribution in [0.25, 0.3) is 55.7 Å². The molecule has 0 spiro atoms. The van der Waals surface area contributed by atoms with Crippen molar-refractivity contribution in [1.82, 2.24) is 30.1 Å². The SMILES string of the molecule is CC(C)Nc1cncc(-c2cc3c(-c4cc5c(-c6cccc(F)c6)nccc5[nH]4)n[nH]c3cn2)c1. The summed E-state index contributed by atoms with van der Waals surface area (Å²) in [4.78, 5) is 17.0. The van der Waals surface area contributed by atoms with Crippen molar-refractivity contribution in [2.45, 2.75) is 19.9 Å². The average Bonchev–Trinajstić information content (AvgIpc) is 3.47. The summed E-state index contributed by atoms with van der Waals surface area (Å²) in [7, 11) is 0. The smallest absolute Gasteiger partial charge is 0.123 e. The van der Waals surface area contributed by atoms with E-state index < -0.39 is 0 Å². The molecule has 0 saturated heterocycles. The standard InChI is InChI=1S/C27H22FN7/c1-15(2)32-19-9-17(12-29-13-19)23-10-21-25(14-31-23)34-35-27(21)24-11-20-22(33-24)6-7-30-26(20)16-4-3-5-18(28)8-16/h3-15,32-33H,1-2H3,(H,34,35). The Morgan fingerprint density at radius 1 is 0.857 bits per heavy atom. The first-order valence-corrected chi connectivity index (χ1v) is 11.4. The van der Waals surface area contributed by atoms with Crippen LogP contribution in [-0.2, 0) is 0 Å². The van der Waals surface area contributed by atoms with E-state index in [2.05, 4.69) is 49.3 Å². The number of nitrogens with zero attached hydrogens (tertiary/aromatic N) is 4. The number of benzene rings is 1. The van der Waals surface area contributed by atoms with Crippen LogP contribution in [0.3, 0.4) is 0 Å². The molecule has 5 aromatic heterocycles. The number of hydrogen-bond donors (Lipinski definition) is 3. The zero-order valence-corrected chi connectivity index (χ0v) is 19.2. The van der Waals surface area contributed by atoms with Gasteiger partial charge in [-0.2, -0.15) is 5.10 Å². The molecule has 3 N–H and O–H groups in total. The van der Waals surface area contributed by atoms with Gasteiger partial charge in [-0.05, 0) is 50.2 Å². The van der Waals surface area contributed by atoms with E-state index in [9.17, 15) is 4.39 Å². The Labute approximate surface area is 200 Å². The molecule has 7 nitrogen and oxygen atoms in total. The van der Waals surface area contributed by atoms with Crippen molar-refractivity contribution in [1.29, 1.82) is 0 Å². The molecule has 0 fully saturated rings. The van der Waals surface area contributed by atoms with Gasteiger partial charge in [-0.1, -0.05) is 12.1 Å². The maximum absolute atomic E-state index is 13.9. The quantitative estimate of drug-likeness (QED) is 0.283.